The summed E-state index contributed by atoms with van der Waals surface area (Å²) in [6.45, 7) is 0. The lowest BCUT2D eigenvalue weighted by Crippen LogP contribution is -2.45. The van der Waals surface area contributed by atoms with Gasteiger partial charge in [-0.2, -0.15) is 0 Å². The van der Waals surface area contributed by atoms with Gasteiger partial charge in [0.1, 0.15) is 12.2 Å². The van der Waals surface area contributed by atoms with Gasteiger partial charge < -0.3 is 14.9 Å². The Morgan fingerprint density at radius 3 is 2.45 bits per heavy atom. The minimum Gasteiger partial charge on any atom is -0.481 e. The zero-order chi connectivity index (χ0) is 20.8. The highest BCUT2D eigenvalue weighted by Gasteiger charge is 2.46. The third-order valence-corrected chi connectivity index (χ3v) is 5.26. The van der Waals surface area contributed by atoms with Crippen LogP contribution in [0.2, 0.25) is 0 Å². The van der Waals surface area contributed by atoms with Crippen molar-refractivity contribution in [3.05, 3.63) is 66.0 Å². The molecule has 7 heteroatoms. The minimum atomic E-state index is -1.03. The summed E-state index contributed by atoms with van der Waals surface area (Å²) in [5, 5.41) is 8.97. The standard InChI is InChI=1S/C22H25N3O4/c1-24-19(10-9-16-6-3-2-4-7-16)25(20(26)11-12-21(27)28)18(22(24)29)14-17-8-5-13-23-15-17/h2-8,13,15,18-19H,9-12,14H2,1H3,(H,27,28)/t18-,19?/m1/s1. The molecule has 2 amide bonds. The maximum Gasteiger partial charge on any atom is 0.303 e. The van der Waals surface area contributed by atoms with Crippen LogP contribution in [0, 0.1) is 0 Å². The van der Waals surface area contributed by atoms with Crippen molar-refractivity contribution < 1.29 is 19.5 Å². The van der Waals surface area contributed by atoms with Crippen LogP contribution in [0.4, 0.5) is 0 Å². The maximum absolute atomic E-state index is 13.0. The van der Waals surface area contributed by atoms with E-state index in [1.54, 1.807) is 35.3 Å². The molecule has 0 bridgehead atoms. The summed E-state index contributed by atoms with van der Waals surface area (Å²) in [5.41, 5.74) is 1.99. The van der Waals surface area contributed by atoms with Crippen molar-refractivity contribution in [2.45, 2.75) is 44.3 Å². The van der Waals surface area contributed by atoms with Crippen LogP contribution in [0.25, 0.3) is 0 Å². The molecule has 1 aliphatic rings. The largest absolute Gasteiger partial charge is 0.481 e. The molecule has 1 N–H and O–H groups in total. The average Bonchev–Trinajstić information content (AvgIpc) is 2.96. The fourth-order valence-corrected chi connectivity index (χ4v) is 3.78. The molecule has 2 heterocycles. The lowest BCUT2D eigenvalue weighted by molar-refractivity contribution is -0.142. The number of hydrogen-bond acceptors (Lipinski definition) is 4. The van der Waals surface area contributed by atoms with Crippen LogP contribution in [0.1, 0.15) is 30.4 Å². The van der Waals surface area contributed by atoms with Gasteiger partial charge in [-0.05, 0) is 30.0 Å². The van der Waals surface area contributed by atoms with Crippen molar-refractivity contribution >= 4 is 17.8 Å². The second-order valence-electron chi connectivity index (χ2n) is 7.23. The molecule has 1 aromatic carbocycles. The van der Waals surface area contributed by atoms with Crippen molar-refractivity contribution in [1.82, 2.24) is 14.8 Å². The molecule has 7 nitrogen and oxygen atoms in total. The quantitative estimate of drug-likeness (QED) is 0.739. The predicted molar refractivity (Wildman–Crippen MR) is 107 cm³/mol. The summed E-state index contributed by atoms with van der Waals surface area (Å²) in [4.78, 5) is 44.2. The molecule has 152 valence electrons. The molecule has 1 saturated heterocycles. The number of aryl methyl sites for hydroxylation is 1. The third-order valence-electron chi connectivity index (χ3n) is 5.26. The molecule has 29 heavy (non-hydrogen) atoms. The zero-order valence-corrected chi connectivity index (χ0v) is 16.4. The van der Waals surface area contributed by atoms with E-state index < -0.39 is 18.2 Å². The van der Waals surface area contributed by atoms with E-state index in [0.717, 1.165) is 11.1 Å². The smallest absolute Gasteiger partial charge is 0.303 e. The Bertz CT molecular complexity index is 857. The van der Waals surface area contributed by atoms with E-state index in [2.05, 4.69) is 4.98 Å². The van der Waals surface area contributed by atoms with Crippen LogP contribution in [-0.2, 0) is 27.2 Å². The summed E-state index contributed by atoms with van der Waals surface area (Å²) < 4.78 is 0. The number of amides is 2. The van der Waals surface area contributed by atoms with Gasteiger partial charge in [-0.1, -0.05) is 36.4 Å². The first kappa shape index (κ1) is 20.5. The van der Waals surface area contributed by atoms with E-state index in [1.807, 2.05) is 36.4 Å². The molecule has 2 atom stereocenters. The van der Waals surface area contributed by atoms with Crippen molar-refractivity contribution in [2.75, 3.05) is 7.05 Å². The first-order valence-electron chi connectivity index (χ1n) is 9.70. The lowest BCUT2D eigenvalue weighted by Gasteiger charge is -2.30. The van der Waals surface area contributed by atoms with E-state index in [0.29, 0.717) is 19.3 Å². The predicted octanol–water partition coefficient (Wildman–Crippen LogP) is 2.12. The summed E-state index contributed by atoms with van der Waals surface area (Å²) in [6.07, 6.45) is 4.23. The number of carbonyl (C=O) groups is 3. The van der Waals surface area contributed by atoms with Gasteiger partial charge in [-0.25, -0.2) is 0 Å². The highest BCUT2D eigenvalue weighted by molar-refractivity contribution is 5.92. The lowest BCUT2D eigenvalue weighted by atomic mass is 10.0. The topological polar surface area (TPSA) is 90.8 Å². The first-order chi connectivity index (χ1) is 14.0. The highest BCUT2D eigenvalue weighted by Crippen LogP contribution is 2.28. The highest BCUT2D eigenvalue weighted by atomic mass is 16.4. The number of hydrogen-bond donors (Lipinski definition) is 1. The van der Waals surface area contributed by atoms with E-state index in [4.69, 9.17) is 5.11 Å². The molecule has 1 aromatic heterocycles. The van der Waals surface area contributed by atoms with Gasteiger partial charge in [0.25, 0.3) is 0 Å². The molecule has 0 spiro atoms. The molecule has 0 radical (unpaired) electrons. The van der Waals surface area contributed by atoms with E-state index in [1.165, 1.54) is 0 Å². The van der Waals surface area contributed by atoms with Crippen LogP contribution in [0.5, 0.6) is 0 Å². The van der Waals surface area contributed by atoms with Crippen LogP contribution >= 0.6 is 0 Å². The number of benzene rings is 1. The van der Waals surface area contributed by atoms with Crippen molar-refractivity contribution in [1.29, 1.82) is 0 Å². The fraction of sp³-hybridized carbons (Fsp3) is 0.364. The molecule has 3 rings (SSSR count). The minimum absolute atomic E-state index is 0.123. The number of aliphatic carboxylic acids is 1. The van der Waals surface area contributed by atoms with E-state index in [-0.39, 0.29) is 24.7 Å². The van der Waals surface area contributed by atoms with Gasteiger partial charge in [0.05, 0.1) is 6.42 Å². The van der Waals surface area contributed by atoms with Gasteiger partial charge >= 0.3 is 5.97 Å². The fourth-order valence-electron chi connectivity index (χ4n) is 3.78. The van der Waals surface area contributed by atoms with Crippen molar-refractivity contribution in [3.8, 4) is 0 Å². The number of carbonyl (C=O) groups excluding carboxylic acids is 2. The number of aromatic nitrogens is 1. The molecular formula is C22H25N3O4. The Balaban J connectivity index is 1.82. The van der Waals surface area contributed by atoms with E-state index in [9.17, 15) is 14.4 Å². The average molecular weight is 395 g/mol. The number of carboxylic acid groups (broad SMARTS) is 1. The Hall–Kier alpha value is -3.22. The van der Waals surface area contributed by atoms with Gasteiger partial charge in [-0.15, -0.1) is 0 Å². The molecular weight excluding hydrogens is 370 g/mol. The molecule has 1 aliphatic heterocycles. The Kier molecular flexibility index (Phi) is 6.59. The maximum atomic E-state index is 13.0. The van der Waals surface area contributed by atoms with Crippen molar-refractivity contribution in [2.24, 2.45) is 0 Å². The summed E-state index contributed by atoms with van der Waals surface area (Å²) in [7, 11) is 1.71. The summed E-state index contributed by atoms with van der Waals surface area (Å²) in [5.74, 6) is -1.46. The van der Waals surface area contributed by atoms with Crippen LogP contribution < -0.4 is 0 Å². The Morgan fingerprint density at radius 1 is 1.07 bits per heavy atom. The number of pyridine rings is 1. The van der Waals surface area contributed by atoms with E-state index >= 15 is 0 Å². The molecule has 0 aliphatic carbocycles. The Labute approximate surface area is 170 Å². The molecule has 0 saturated carbocycles. The monoisotopic (exact) mass is 395 g/mol. The molecule has 2 aromatic rings. The molecule has 1 fully saturated rings. The van der Waals surface area contributed by atoms with Gasteiger partial charge in [0, 0.05) is 32.3 Å². The number of likely N-dealkylation sites (N-methyl/N-ethyl adjacent to an activating group) is 1. The Morgan fingerprint density at radius 2 is 1.79 bits per heavy atom. The van der Waals surface area contributed by atoms with Gasteiger partial charge in [0.15, 0.2) is 0 Å². The van der Waals surface area contributed by atoms with Crippen LogP contribution in [-0.4, -0.2) is 56.9 Å². The number of nitrogens with zero attached hydrogens (tertiary/aromatic N) is 3. The molecule has 1 unspecified atom stereocenters. The summed E-state index contributed by atoms with van der Waals surface area (Å²) >= 11 is 0. The number of rotatable bonds is 8. The van der Waals surface area contributed by atoms with Crippen LogP contribution in [0.15, 0.2) is 54.9 Å². The second kappa shape index (κ2) is 9.32. The summed E-state index contributed by atoms with van der Waals surface area (Å²) in [6, 6.07) is 12.9. The first-order valence-corrected chi connectivity index (χ1v) is 9.70. The second-order valence-corrected chi connectivity index (χ2v) is 7.23. The third kappa shape index (κ3) is 4.99. The zero-order valence-electron chi connectivity index (χ0n) is 16.4. The van der Waals surface area contributed by atoms with Crippen LogP contribution in [0.3, 0.4) is 0 Å². The number of carboxylic acids is 1. The van der Waals surface area contributed by atoms with Gasteiger partial charge in [0.2, 0.25) is 11.8 Å². The normalized spacial score (nSPS) is 18.9. The van der Waals surface area contributed by atoms with Crippen molar-refractivity contribution in [3.63, 3.8) is 0 Å². The van der Waals surface area contributed by atoms with Gasteiger partial charge in [-0.3, -0.25) is 19.4 Å². The SMILES string of the molecule is CN1C(=O)[C@@H](Cc2cccnc2)N(C(=O)CCC(=O)O)C1CCc1ccccc1.